The number of rotatable bonds is 5. The molecule has 4 rings (SSSR count). The van der Waals surface area contributed by atoms with Crippen molar-refractivity contribution in [1.29, 1.82) is 0 Å². The normalized spacial score (nSPS) is 13.8. The van der Waals surface area contributed by atoms with Crippen molar-refractivity contribution in [3.63, 3.8) is 0 Å². The van der Waals surface area contributed by atoms with Crippen LogP contribution in [-0.2, 0) is 4.74 Å². The molecule has 1 aliphatic rings. The molecule has 0 bridgehead atoms. The Labute approximate surface area is 181 Å². The zero-order valence-corrected chi connectivity index (χ0v) is 17.3. The van der Waals surface area contributed by atoms with Crippen molar-refractivity contribution in [3.05, 3.63) is 68.5 Å². The minimum atomic E-state index is -0.627. The van der Waals surface area contributed by atoms with Crippen molar-refractivity contribution in [2.75, 3.05) is 36.5 Å². The molecule has 154 valence electrons. The maximum atomic E-state index is 12.5. The minimum absolute atomic E-state index is 0.0527. The predicted molar refractivity (Wildman–Crippen MR) is 117 cm³/mol. The van der Waals surface area contributed by atoms with Crippen LogP contribution in [0.5, 0.6) is 0 Å². The van der Waals surface area contributed by atoms with E-state index in [-0.39, 0.29) is 16.3 Å². The van der Waals surface area contributed by atoms with Gasteiger partial charge in [0.2, 0.25) is 0 Å². The van der Waals surface area contributed by atoms with Crippen molar-refractivity contribution < 1.29 is 14.5 Å². The first-order valence-electron chi connectivity index (χ1n) is 9.15. The number of carbonyl (C=O) groups excluding carboxylic acids is 1. The molecule has 1 amide bonds. The van der Waals surface area contributed by atoms with Crippen LogP contribution in [0.4, 0.5) is 16.5 Å². The van der Waals surface area contributed by atoms with Crippen LogP contribution in [-0.4, -0.2) is 42.1 Å². The van der Waals surface area contributed by atoms with E-state index in [1.165, 1.54) is 12.1 Å². The smallest absolute Gasteiger partial charge is 0.283 e. The van der Waals surface area contributed by atoms with Gasteiger partial charge in [0.1, 0.15) is 5.56 Å². The monoisotopic (exact) mass is 444 g/mol. The van der Waals surface area contributed by atoms with E-state index in [0.29, 0.717) is 18.9 Å². The number of benzene rings is 2. The summed E-state index contributed by atoms with van der Waals surface area (Å²) in [4.78, 5) is 30.0. The fraction of sp³-hybridized carbons (Fsp3) is 0.200. The topological polar surface area (TPSA) is 97.6 Å². The number of halogens is 1. The molecule has 2 aromatic carbocycles. The molecular weight excluding hydrogens is 428 g/mol. The third-order valence-electron chi connectivity index (χ3n) is 4.61. The van der Waals surface area contributed by atoms with Gasteiger partial charge in [0.05, 0.1) is 23.8 Å². The van der Waals surface area contributed by atoms with Crippen LogP contribution < -0.4 is 10.2 Å². The quantitative estimate of drug-likeness (QED) is 0.461. The Kier molecular flexibility index (Phi) is 5.93. The van der Waals surface area contributed by atoms with Crippen molar-refractivity contribution >= 4 is 45.4 Å². The van der Waals surface area contributed by atoms with Gasteiger partial charge in [0.15, 0.2) is 5.13 Å². The second kappa shape index (κ2) is 8.78. The second-order valence-corrected chi connectivity index (χ2v) is 7.84. The molecule has 8 nitrogen and oxygen atoms in total. The van der Waals surface area contributed by atoms with E-state index in [1.54, 1.807) is 23.5 Å². The number of nitrogens with zero attached hydrogens (tertiary/aromatic N) is 3. The lowest BCUT2D eigenvalue weighted by Gasteiger charge is -2.26. The average molecular weight is 445 g/mol. The van der Waals surface area contributed by atoms with Gasteiger partial charge in [-0.25, -0.2) is 4.98 Å². The number of carbonyl (C=O) groups is 1. The fourth-order valence-corrected chi connectivity index (χ4v) is 4.12. The lowest BCUT2D eigenvalue weighted by Crippen LogP contribution is -2.36. The Morgan fingerprint density at radius 3 is 2.63 bits per heavy atom. The van der Waals surface area contributed by atoms with Crippen molar-refractivity contribution in [3.8, 4) is 11.3 Å². The minimum Gasteiger partial charge on any atom is -0.378 e. The third-order valence-corrected chi connectivity index (χ3v) is 5.75. The molecule has 1 fully saturated rings. The average Bonchev–Trinajstić information content (AvgIpc) is 3.25. The summed E-state index contributed by atoms with van der Waals surface area (Å²) in [5.74, 6) is -0.575. The second-order valence-electron chi connectivity index (χ2n) is 6.56. The Morgan fingerprint density at radius 2 is 1.93 bits per heavy atom. The molecule has 10 heteroatoms. The highest BCUT2D eigenvalue weighted by atomic mass is 35.5. The molecule has 30 heavy (non-hydrogen) atoms. The van der Waals surface area contributed by atoms with Gasteiger partial charge in [0, 0.05) is 40.8 Å². The number of thiazole rings is 1. The van der Waals surface area contributed by atoms with Crippen LogP contribution in [0.1, 0.15) is 10.4 Å². The van der Waals surface area contributed by atoms with Gasteiger partial charge in [-0.05, 0) is 24.3 Å². The summed E-state index contributed by atoms with van der Waals surface area (Å²) in [6.07, 6.45) is 0. The Balaban J connectivity index is 1.47. The largest absolute Gasteiger partial charge is 0.378 e. The molecule has 0 atom stereocenters. The Morgan fingerprint density at radius 1 is 1.20 bits per heavy atom. The first-order valence-corrected chi connectivity index (χ1v) is 10.4. The SMILES string of the molecule is O=C(Nc1ccc(-c2csc(N3CCOCC3)n2)cc1)c1ccc(Cl)cc1[N+](=O)[O-]. The van der Waals surface area contributed by atoms with E-state index >= 15 is 0 Å². The van der Waals surface area contributed by atoms with Gasteiger partial charge < -0.3 is 15.0 Å². The van der Waals surface area contributed by atoms with Crippen LogP contribution in [0.3, 0.4) is 0 Å². The predicted octanol–water partition coefficient (Wildman–Crippen LogP) is 4.46. The summed E-state index contributed by atoms with van der Waals surface area (Å²) in [5.41, 5.74) is 1.91. The zero-order valence-electron chi connectivity index (χ0n) is 15.7. The van der Waals surface area contributed by atoms with Gasteiger partial charge in [0.25, 0.3) is 11.6 Å². The van der Waals surface area contributed by atoms with Crippen LogP contribution >= 0.6 is 22.9 Å². The highest BCUT2D eigenvalue weighted by Gasteiger charge is 2.21. The van der Waals surface area contributed by atoms with E-state index in [4.69, 9.17) is 21.3 Å². The van der Waals surface area contributed by atoms with Crippen LogP contribution in [0, 0.1) is 10.1 Å². The number of hydrogen-bond donors (Lipinski definition) is 1. The van der Waals surface area contributed by atoms with Crippen LogP contribution in [0.2, 0.25) is 5.02 Å². The summed E-state index contributed by atoms with van der Waals surface area (Å²) in [6, 6.07) is 11.1. The Bertz CT molecular complexity index is 1080. The molecule has 0 unspecified atom stereocenters. The molecule has 0 spiro atoms. The molecule has 2 heterocycles. The molecule has 1 aliphatic heterocycles. The summed E-state index contributed by atoms with van der Waals surface area (Å²) < 4.78 is 5.37. The van der Waals surface area contributed by atoms with E-state index in [2.05, 4.69) is 10.2 Å². The number of amides is 1. The van der Waals surface area contributed by atoms with Gasteiger partial charge in [-0.3, -0.25) is 14.9 Å². The van der Waals surface area contributed by atoms with Gasteiger partial charge in [-0.1, -0.05) is 23.7 Å². The standard InChI is InChI=1S/C20H17ClN4O4S/c21-14-3-6-16(18(11-14)25(27)28)19(26)22-15-4-1-13(2-5-15)17-12-30-20(23-17)24-7-9-29-10-8-24/h1-6,11-12H,7-10H2,(H,22,26). The van der Waals surface area contributed by atoms with Gasteiger partial charge in [-0.15, -0.1) is 11.3 Å². The number of nitrogens with one attached hydrogen (secondary N) is 1. The highest BCUT2D eigenvalue weighted by molar-refractivity contribution is 7.14. The number of nitro groups is 1. The summed E-state index contributed by atoms with van der Waals surface area (Å²) in [6.45, 7) is 3.06. The first-order chi connectivity index (χ1) is 14.5. The maximum Gasteiger partial charge on any atom is 0.283 e. The number of ether oxygens (including phenoxy) is 1. The summed E-state index contributed by atoms with van der Waals surface area (Å²) in [5, 5.41) is 17.0. The number of aromatic nitrogens is 1. The van der Waals surface area contributed by atoms with Crippen molar-refractivity contribution in [2.45, 2.75) is 0 Å². The van der Waals surface area contributed by atoms with Crippen molar-refractivity contribution in [2.24, 2.45) is 0 Å². The number of hydrogen-bond acceptors (Lipinski definition) is 7. The zero-order chi connectivity index (χ0) is 21.1. The fourth-order valence-electron chi connectivity index (χ4n) is 3.07. The van der Waals surface area contributed by atoms with E-state index < -0.39 is 10.8 Å². The molecule has 3 aromatic rings. The first kappa shape index (κ1) is 20.3. The van der Waals surface area contributed by atoms with Gasteiger partial charge >= 0.3 is 0 Å². The maximum absolute atomic E-state index is 12.5. The van der Waals surface area contributed by atoms with E-state index in [9.17, 15) is 14.9 Å². The number of nitro benzene ring substituents is 1. The lowest BCUT2D eigenvalue weighted by molar-refractivity contribution is -0.385. The van der Waals surface area contributed by atoms with Crippen LogP contribution in [0.25, 0.3) is 11.3 Å². The molecular formula is C20H17ClN4O4S. The number of morpholine rings is 1. The molecule has 0 radical (unpaired) electrons. The molecule has 1 saturated heterocycles. The lowest BCUT2D eigenvalue weighted by atomic mass is 10.1. The third kappa shape index (κ3) is 4.43. The molecule has 1 aromatic heterocycles. The van der Waals surface area contributed by atoms with Crippen LogP contribution in [0.15, 0.2) is 47.8 Å². The molecule has 1 N–H and O–H groups in total. The highest BCUT2D eigenvalue weighted by Crippen LogP contribution is 2.29. The van der Waals surface area contributed by atoms with E-state index in [0.717, 1.165) is 35.5 Å². The van der Waals surface area contributed by atoms with Crippen molar-refractivity contribution in [1.82, 2.24) is 4.98 Å². The molecule has 0 saturated carbocycles. The Hall–Kier alpha value is -3.01. The number of anilines is 2. The van der Waals surface area contributed by atoms with E-state index in [1.807, 2.05) is 17.5 Å². The summed E-state index contributed by atoms with van der Waals surface area (Å²) in [7, 11) is 0. The summed E-state index contributed by atoms with van der Waals surface area (Å²) >= 11 is 7.39. The van der Waals surface area contributed by atoms with Gasteiger partial charge in [-0.2, -0.15) is 0 Å². The molecule has 0 aliphatic carbocycles.